The predicted molar refractivity (Wildman–Crippen MR) is 146 cm³/mol. The predicted octanol–water partition coefficient (Wildman–Crippen LogP) is 5.56. The van der Waals surface area contributed by atoms with E-state index in [-0.39, 0.29) is 34.0 Å². The number of nitrogens with zero attached hydrogens (tertiary/aromatic N) is 1. The average Bonchev–Trinajstić information content (AvgIpc) is 3.09. The summed E-state index contributed by atoms with van der Waals surface area (Å²) in [7, 11) is 0. The molecular weight excluding hydrogens is 506 g/mol. The van der Waals surface area contributed by atoms with E-state index in [0.29, 0.717) is 16.9 Å². The van der Waals surface area contributed by atoms with Crippen LogP contribution < -0.4 is 15.5 Å². The first kappa shape index (κ1) is 26.6. The Morgan fingerprint density at radius 3 is 2.32 bits per heavy atom. The van der Waals surface area contributed by atoms with Crippen LogP contribution in [0, 0.1) is 13.8 Å². The number of rotatable bonds is 7. The van der Waals surface area contributed by atoms with E-state index >= 15 is 0 Å². The molecule has 0 saturated carbocycles. The second-order valence-electron chi connectivity index (χ2n) is 9.05. The van der Waals surface area contributed by atoms with Gasteiger partial charge in [-0.05, 0) is 81.3 Å². The van der Waals surface area contributed by atoms with Gasteiger partial charge in [0.1, 0.15) is 10.7 Å². The summed E-state index contributed by atoms with van der Waals surface area (Å²) >= 11 is 6.27. The van der Waals surface area contributed by atoms with Crippen molar-refractivity contribution in [1.82, 2.24) is 0 Å². The number of hydrogen-bond acceptors (Lipinski definition) is 6. The SMILES string of the molecule is Cc1cccc(NC(=O)c2cccc(NC3=C(Cl)C(=O)N(c4cccc(C(=O)OC(C)C)c4)C3=O)c2)c1C. The van der Waals surface area contributed by atoms with Crippen LogP contribution in [0.4, 0.5) is 17.1 Å². The molecule has 0 aliphatic carbocycles. The zero-order valence-electron chi connectivity index (χ0n) is 21.3. The smallest absolute Gasteiger partial charge is 0.338 e. The number of carbonyl (C=O) groups excluding carboxylic acids is 4. The summed E-state index contributed by atoms with van der Waals surface area (Å²) in [6.45, 7) is 7.33. The Labute approximate surface area is 225 Å². The molecule has 0 bridgehead atoms. The summed E-state index contributed by atoms with van der Waals surface area (Å²) in [5.41, 5.74) is 3.68. The largest absolute Gasteiger partial charge is 0.459 e. The monoisotopic (exact) mass is 531 g/mol. The van der Waals surface area contributed by atoms with Gasteiger partial charge in [0.15, 0.2) is 0 Å². The van der Waals surface area contributed by atoms with Gasteiger partial charge in [-0.3, -0.25) is 14.4 Å². The minimum absolute atomic E-state index is 0.140. The Hall–Kier alpha value is -4.43. The Bertz CT molecular complexity index is 1500. The van der Waals surface area contributed by atoms with Crippen molar-refractivity contribution in [1.29, 1.82) is 0 Å². The molecule has 3 aromatic carbocycles. The third kappa shape index (κ3) is 5.45. The van der Waals surface area contributed by atoms with Crippen molar-refractivity contribution in [3.05, 3.63) is 99.7 Å². The maximum atomic E-state index is 13.2. The van der Waals surface area contributed by atoms with Crippen molar-refractivity contribution < 1.29 is 23.9 Å². The molecule has 1 aliphatic heterocycles. The van der Waals surface area contributed by atoms with Crippen LogP contribution in [0.2, 0.25) is 0 Å². The second kappa shape index (κ2) is 10.9. The zero-order chi connectivity index (χ0) is 27.6. The van der Waals surface area contributed by atoms with Gasteiger partial charge in [0, 0.05) is 16.9 Å². The van der Waals surface area contributed by atoms with Crippen LogP contribution in [0.1, 0.15) is 45.7 Å². The lowest BCUT2D eigenvalue weighted by atomic mass is 10.1. The van der Waals surface area contributed by atoms with Gasteiger partial charge in [0.05, 0.1) is 17.4 Å². The standard InChI is InChI=1S/C29H26ClN3O5/c1-16(2)38-29(37)20-10-7-12-22(15-20)33-27(35)24(30)25(28(33)36)31-21-11-6-9-19(14-21)26(34)32-23-13-5-8-17(3)18(23)4/h5-16,31H,1-4H3,(H,32,34). The lowest BCUT2D eigenvalue weighted by Crippen LogP contribution is -2.32. The normalized spacial score (nSPS) is 13.3. The second-order valence-corrected chi connectivity index (χ2v) is 9.42. The molecule has 0 radical (unpaired) electrons. The van der Waals surface area contributed by atoms with E-state index in [0.717, 1.165) is 16.0 Å². The van der Waals surface area contributed by atoms with Crippen molar-refractivity contribution in [2.75, 3.05) is 15.5 Å². The van der Waals surface area contributed by atoms with E-state index < -0.39 is 17.8 Å². The van der Waals surface area contributed by atoms with Gasteiger partial charge >= 0.3 is 5.97 Å². The van der Waals surface area contributed by atoms with E-state index in [4.69, 9.17) is 16.3 Å². The highest BCUT2D eigenvalue weighted by Crippen LogP contribution is 2.31. The average molecular weight is 532 g/mol. The van der Waals surface area contributed by atoms with E-state index in [9.17, 15) is 19.2 Å². The van der Waals surface area contributed by atoms with Crippen LogP contribution in [-0.2, 0) is 14.3 Å². The highest BCUT2D eigenvalue weighted by Gasteiger charge is 2.39. The van der Waals surface area contributed by atoms with Gasteiger partial charge in [-0.25, -0.2) is 9.69 Å². The lowest BCUT2D eigenvalue weighted by molar-refractivity contribution is -0.120. The molecule has 4 rings (SSSR count). The molecule has 8 nitrogen and oxygen atoms in total. The first-order chi connectivity index (χ1) is 18.1. The fourth-order valence-electron chi connectivity index (χ4n) is 3.86. The van der Waals surface area contributed by atoms with Gasteiger partial charge in [-0.15, -0.1) is 0 Å². The van der Waals surface area contributed by atoms with Crippen molar-refractivity contribution in [3.63, 3.8) is 0 Å². The van der Waals surface area contributed by atoms with E-state index in [1.165, 1.54) is 18.2 Å². The summed E-state index contributed by atoms with van der Waals surface area (Å²) in [4.78, 5) is 52.2. The molecule has 1 heterocycles. The molecule has 194 valence electrons. The Balaban J connectivity index is 1.54. The van der Waals surface area contributed by atoms with E-state index in [2.05, 4.69) is 10.6 Å². The maximum Gasteiger partial charge on any atom is 0.338 e. The van der Waals surface area contributed by atoms with Crippen molar-refractivity contribution in [2.45, 2.75) is 33.8 Å². The molecule has 0 atom stereocenters. The third-order valence-electron chi connectivity index (χ3n) is 5.96. The van der Waals surface area contributed by atoms with E-state index in [1.54, 1.807) is 44.2 Å². The minimum Gasteiger partial charge on any atom is -0.459 e. The van der Waals surface area contributed by atoms with Crippen LogP contribution in [0.25, 0.3) is 0 Å². The number of esters is 1. The topological polar surface area (TPSA) is 105 Å². The van der Waals surface area contributed by atoms with Crippen molar-refractivity contribution in [2.24, 2.45) is 0 Å². The molecular formula is C29H26ClN3O5. The van der Waals surface area contributed by atoms with Crippen LogP contribution >= 0.6 is 11.6 Å². The number of carbonyl (C=O) groups is 4. The van der Waals surface area contributed by atoms with Crippen LogP contribution in [0.3, 0.4) is 0 Å². The molecule has 0 saturated heterocycles. The van der Waals surface area contributed by atoms with Crippen molar-refractivity contribution in [3.8, 4) is 0 Å². The number of benzene rings is 3. The summed E-state index contributed by atoms with van der Waals surface area (Å²) in [5.74, 6) is -2.34. The molecule has 0 fully saturated rings. The third-order valence-corrected chi connectivity index (χ3v) is 6.31. The molecule has 9 heteroatoms. The van der Waals surface area contributed by atoms with Crippen LogP contribution in [0.15, 0.2) is 77.5 Å². The van der Waals surface area contributed by atoms with Crippen LogP contribution in [-0.4, -0.2) is 29.8 Å². The number of imide groups is 1. The molecule has 38 heavy (non-hydrogen) atoms. The number of hydrogen-bond donors (Lipinski definition) is 2. The Morgan fingerprint density at radius 2 is 1.58 bits per heavy atom. The lowest BCUT2D eigenvalue weighted by Gasteiger charge is -2.16. The number of aryl methyl sites for hydroxylation is 1. The first-order valence-electron chi connectivity index (χ1n) is 11.9. The minimum atomic E-state index is -0.739. The van der Waals surface area contributed by atoms with Gasteiger partial charge in [-0.1, -0.05) is 35.9 Å². The quantitative estimate of drug-likeness (QED) is 0.305. The summed E-state index contributed by atoms with van der Waals surface area (Å²) < 4.78 is 5.20. The van der Waals surface area contributed by atoms with Gasteiger partial charge in [0.25, 0.3) is 17.7 Å². The summed E-state index contributed by atoms with van der Waals surface area (Å²) in [6, 6.07) is 18.1. The zero-order valence-corrected chi connectivity index (χ0v) is 22.1. The molecule has 3 aromatic rings. The summed E-state index contributed by atoms with van der Waals surface area (Å²) in [6.07, 6.45) is -0.327. The fraction of sp³-hybridized carbons (Fsp3) is 0.172. The Kier molecular flexibility index (Phi) is 7.64. The first-order valence-corrected chi connectivity index (χ1v) is 12.3. The molecule has 0 unspecified atom stereocenters. The number of ether oxygens (including phenoxy) is 1. The number of nitrogens with one attached hydrogen (secondary N) is 2. The maximum absolute atomic E-state index is 13.2. The number of amides is 3. The summed E-state index contributed by atoms with van der Waals surface area (Å²) in [5, 5.41) is 5.46. The molecule has 1 aliphatic rings. The van der Waals surface area contributed by atoms with Gasteiger partial charge in [0.2, 0.25) is 0 Å². The van der Waals surface area contributed by atoms with Gasteiger partial charge in [-0.2, -0.15) is 0 Å². The van der Waals surface area contributed by atoms with Gasteiger partial charge < -0.3 is 15.4 Å². The fourth-order valence-corrected chi connectivity index (χ4v) is 4.08. The highest BCUT2D eigenvalue weighted by molar-refractivity contribution is 6.53. The molecule has 0 spiro atoms. The number of anilines is 3. The molecule has 2 N–H and O–H groups in total. The highest BCUT2D eigenvalue weighted by atomic mass is 35.5. The molecule has 0 aromatic heterocycles. The van der Waals surface area contributed by atoms with Crippen LogP contribution in [0.5, 0.6) is 0 Å². The van der Waals surface area contributed by atoms with Crippen molar-refractivity contribution >= 4 is 52.4 Å². The Morgan fingerprint density at radius 1 is 0.895 bits per heavy atom. The van der Waals surface area contributed by atoms with E-state index in [1.807, 2.05) is 32.0 Å². The molecule has 3 amide bonds. The number of halogens is 1.